The van der Waals surface area contributed by atoms with Crippen molar-refractivity contribution >= 4 is 33.6 Å². The smallest absolute Gasteiger partial charge is 0.463 e. The molecule has 0 aromatic rings. The Labute approximate surface area is 616 Å². The summed E-state index contributed by atoms with van der Waals surface area (Å²) in [7, 11) is -9.78. The Morgan fingerprint density at radius 2 is 0.495 bits per heavy atom. The van der Waals surface area contributed by atoms with Gasteiger partial charge in [-0.15, -0.1) is 0 Å². The molecule has 4 N–H and O–H groups in total. The molecule has 0 aliphatic carbocycles. The molecule has 0 amide bonds. The van der Waals surface area contributed by atoms with Crippen LogP contribution in [0.5, 0.6) is 0 Å². The van der Waals surface area contributed by atoms with Crippen molar-refractivity contribution in [2.24, 2.45) is 0 Å². The number of aliphatic hydroxyl groups is 2. The lowest BCUT2D eigenvalue weighted by Gasteiger charge is -2.21. The summed E-state index contributed by atoms with van der Waals surface area (Å²) in [5.74, 6) is -1.59. The fraction of sp³-hybridized carbons (Fsp3) is 0.771. The number of rotatable bonds is 77. The summed E-state index contributed by atoms with van der Waals surface area (Å²) in [6.45, 7) is 2.62. The van der Waals surface area contributed by atoms with Crippen LogP contribution >= 0.6 is 15.6 Å². The van der Waals surface area contributed by atoms with Crippen molar-refractivity contribution in [1.29, 1.82) is 0 Å². The fourth-order valence-electron chi connectivity index (χ4n) is 11.0. The van der Waals surface area contributed by atoms with E-state index in [-0.39, 0.29) is 19.3 Å². The van der Waals surface area contributed by atoms with Crippen LogP contribution < -0.4 is 0 Å². The number of aliphatic hydroxyl groups excluding tert-OH is 2. The number of allylic oxidation sites excluding steroid dienone is 16. The molecule has 0 fully saturated rings. The molecule has 0 saturated carbocycles. The number of hydrogen-bond donors (Lipinski definition) is 4. The Kier molecular flexibility index (Phi) is 73.5. The molecule has 16 nitrogen and oxygen atoms in total. The first-order valence-corrected chi connectivity index (χ1v) is 43.5. The molecule has 0 aliphatic rings. The zero-order valence-corrected chi connectivity index (χ0v) is 65.9. The molecule has 0 heterocycles. The van der Waals surface area contributed by atoms with Gasteiger partial charge in [0.15, 0.2) is 6.10 Å². The van der Waals surface area contributed by atoms with Crippen LogP contribution in [0.15, 0.2) is 97.2 Å². The third-order valence-electron chi connectivity index (χ3n) is 17.3. The van der Waals surface area contributed by atoms with Gasteiger partial charge in [0.1, 0.15) is 25.4 Å². The van der Waals surface area contributed by atoms with Crippen molar-refractivity contribution in [3.8, 4) is 0 Å². The summed E-state index contributed by atoms with van der Waals surface area (Å²) in [5, 5.41) is 20.6. The van der Waals surface area contributed by atoms with Crippen LogP contribution in [0.3, 0.4) is 0 Å². The lowest BCUT2D eigenvalue weighted by Crippen LogP contribution is -2.30. The van der Waals surface area contributed by atoms with E-state index in [1.165, 1.54) is 161 Å². The molecule has 0 spiro atoms. The largest absolute Gasteiger partial charge is 0.472 e. The quantitative estimate of drug-likeness (QED) is 0.0146. The van der Waals surface area contributed by atoms with Crippen LogP contribution in [-0.4, -0.2) is 95.9 Å². The lowest BCUT2D eigenvalue weighted by atomic mass is 10.0. The predicted molar refractivity (Wildman–Crippen MR) is 417 cm³/mol. The van der Waals surface area contributed by atoms with Crippen LogP contribution in [0, 0.1) is 0 Å². The molecular weight excluding hydrogens is 1310 g/mol. The Hall–Kier alpha value is -3.53. The zero-order valence-electron chi connectivity index (χ0n) is 64.1. The minimum atomic E-state index is -4.93. The number of phosphoric acid groups is 2. The normalized spacial score (nSPS) is 14.5. The monoisotopic (exact) mass is 1460 g/mol. The highest BCUT2D eigenvalue weighted by molar-refractivity contribution is 7.47. The van der Waals surface area contributed by atoms with Gasteiger partial charge in [0, 0.05) is 19.3 Å². The molecule has 5 unspecified atom stereocenters. The van der Waals surface area contributed by atoms with Crippen molar-refractivity contribution in [2.75, 3.05) is 39.6 Å². The van der Waals surface area contributed by atoms with E-state index in [9.17, 15) is 43.5 Å². The number of ether oxygens (including phenoxy) is 3. The standard InChI is InChI=1S/C83H148O16P2/c1-4-7-10-13-16-19-22-25-27-29-31-32-33-34-35-36-37-38-39-40-41-42-43-44-46-48-49-52-54-57-60-63-66-69-81(86)93-72-78(84)73-95-100(89,90)96-74-79(85)75-97-101(91,92)98-77-80(99-83(88)71-68-65-62-59-56-51-24-21-18-15-12-9-6-3)76-94-82(87)70-67-64-61-58-55-53-50-47-45-30-28-26-23-20-17-14-11-8-5-2/h16-17,19-21,24-28,31-32,34-35,45,47,78-80,84-85H,4-15,18,22-23,29-30,33,36-44,46,48-77H2,1-3H3,(H,89,90)(H,91,92)/b19-16-,20-17-,24-21-,27-25-,28-26-,32-31-,35-34-,47-45-. The second kappa shape index (κ2) is 76.1. The highest BCUT2D eigenvalue weighted by atomic mass is 31.2. The molecule has 0 radical (unpaired) electrons. The summed E-state index contributed by atoms with van der Waals surface area (Å²) in [5.41, 5.74) is 0. The SMILES string of the molecule is CCCCC/C=C\C/C=C\C/C=C\C/C=C\CCCCCCCCCCCCCCCCCCCC(=O)OCC(O)COP(=O)(O)OCC(O)COP(=O)(O)OCC(COC(=O)CCCCCCCC/C=C\C/C=C\C/C=C\CCCCC)OC(=O)CCCCCCC/C=C\CCCCCC. The van der Waals surface area contributed by atoms with Crippen LogP contribution in [-0.2, 0) is 55.8 Å². The zero-order chi connectivity index (χ0) is 73.7. The summed E-state index contributed by atoms with van der Waals surface area (Å²) in [4.78, 5) is 58.6. The van der Waals surface area contributed by atoms with Crippen molar-refractivity contribution in [3.05, 3.63) is 97.2 Å². The van der Waals surface area contributed by atoms with Gasteiger partial charge >= 0.3 is 33.6 Å². The van der Waals surface area contributed by atoms with Gasteiger partial charge in [0.25, 0.3) is 0 Å². The molecule has 5 atom stereocenters. The van der Waals surface area contributed by atoms with Crippen LogP contribution in [0.25, 0.3) is 0 Å². The topological polar surface area (TPSA) is 231 Å². The first-order chi connectivity index (χ1) is 49.2. The number of carbonyl (C=O) groups excluding carboxylic acids is 3. The van der Waals surface area contributed by atoms with Crippen molar-refractivity contribution in [2.45, 2.75) is 373 Å². The van der Waals surface area contributed by atoms with E-state index in [2.05, 4.69) is 118 Å². The van der Waals surface area contributed by atoms with Gasteiger partial charge < -0.3 is 34.2 Å². The maximum Gasteiger partial charge on any atom is 0.472 e. The molecule has 586 valence electrons. The predicted octanol–water partition coefficient (Wildman–Crippen LogP) is 23.8. The first-order valence-electron chi connectivity index (χ1n) is 40.5. The number of unbranched alkanes of at least 4 members (excludes halogenated alkanes) is 38. The average molecular weight is 1460 g/mol. The third-order valence-corrected chi connectivity index (χ3v) is 19.2. The van der Waals surface area contributed by atoms with Gasteiger partial charge in [-0.2, -0.15) is 0 Å². The van der Waals surface area contributed by atoms with E-state index in [1.54, 1.807) is 0 Å². The Bertz CT molecular complexity index is 2220. The fourth-order valence-corrected chi connectivity index (χ4v) is 12.6. The Morgan fingerprint density at radius 3 is 0.812 bits per heavy atom. The first kappa shape index (κ1) is 97.5. The molecule has 0 rings (SSSR count). The molecule has 0 aromatic carbocycles. The van der Waals surface area contributed by atoms with Gasteiger partial charge in [-0.05, 0) is 128 Å². The van der Waals surface area contributed by atoms with Crippen LogP contribution in [0.1, 0.15) is 355 Å². The van der Waals surface area contributed by atoms with E-state index in [1.807, 2.05) is 0 Å². The summed E-state index contributed by atoms with van der Waals surface area (Å²) in [6.07, 6.45) is 87.6. The van der Waals surface area contributed by atoms with E-state index < -0.39 is 91.5 Å². The van der Waals surface area contributed by atoms with E-state index >= 15 is 0 Å². The minimum absolute atomic E-state index is 0.0924. The number of carbonyl (C=O) groups is 3. The average Bonchev–Trinajstić information content (AvgIpc) is 0.933. The summed E-state index contributed by atoms with van der Waals surface area (Å²) >= 11 is 0. The second-order valence-corrected chi connectivity index (χ2v) is 30.1. The molecule has 0 aliphatic heterocycles. The third kappa shape index (κ3) is 77.4. The van der Waals surface area contributed by atoms with Crippen LogP contribution in [0.2, 0.25) is 0 Å². The molecule has 0 bridgehead atoms. The Balaban J connectivity index is 4.39. The van der Waals surface area contributed by atoms with Gasteiger partial charge in [-0.25, -0.2) is 9.13 Å². The van der Waals surface area contributed by atoms with Crippen molar-refractivity contribution in [1.82, 2.24) is 0 Å². The highest BCUT2D eigenvalue weighted by Crippen LogP contribution is 2.45. The molecule has 18 heteroatoms. The van der Waals surface area contributed by atoms with Crippen LogP contribution in [0.4, 0.5) is 0 Å². The van der Waals surface area contributed by atoms with Crippen molar-refractivity contribution < 1.29 is 75.8 Å². The van der Waals surface area contributed by atoms with E-state index in [0.717, 1.165) is 135 Å². The molecular formula is C83H148O16P2. The second-order valence-electron chi connectivity index (χ2n) is 27.2. The van der Waals surface area contributed by atoms with Gasteiger partial charge in [-0.3, -0.25) is 32.5 Å². The van der Waals surface area contributed by atoms with Gasteiger partial charge in [0.2, 0.25) is 0 Å². The number of phosphoric ester groups is 2. The molecule has 101 heavy (non-hydrogen) atoms. The maximum atomic E-state index is 12.9. The molecule has 0 saturated heterocycles. The summed E-state index contributed by atoms with van der Waals surface area (Å²) in [6, 6.07) is 0. The summed E-state index contributed by atoms with van der Waals surface area (Å²) < 4.78 is 61.1. The van der Waals surface area contributed by atoms with Gasteiger partial charge in [-0.1, -0.05) is 304 Å². The van der Waals surface area contributed by atoms with E-state index in [0.29, 0.717) is 19.3 Å². The number of hydrogen-bond acceptors (Lipinski definition) is 14. The van der Waals surface area contributed by atoms with E-state index in [4.69, 9.17) is 32.3 Å². The van der Waals surface area contributed by atoms with Gasteiger partial charge in [0.05, 0.1) is 26.4 Å². The number of esters is 3. The molecule has 0 aromatic heterocycles. The Morgan fingerprint density at radius 1 is 0.277 bits per heavy atom. The highest BCUT2D eigenvalue weighted by Gasteiger charge is 2.29. The lowest BCUT2D eigenvalue weighted by molar-refractivity contribution is -0.161. The maximum absolute atomic E-state index is 12.9. The minimum Gasteiger partial charge on any atom is -0.463 e. The van der Waals surface area contributed by atoms with Crippen molar-refractivity contribution in [3.63, 3.8) is 0 Å².